The molecule has 3 heterocycles. The maximum atomic E-state index is 14.9. The third-order valence-corrected chi connectivity index (χ3v) is 11.8. The Bertz CT molecular complexity index is 2140. The van der Waals surface area contributed by atoms with Crippen LogP contribution >= 0.6 is 0 Å². The number of aromatic nitrogens is 1. The first-order valence-corrected chi connectivity index (χ1v) is 21.0. The molecule has 2 aliphatic heterocycles. The number of amides is 6. The Hall–Kier alpha value is -6.02. The van der Waals surface area contributed by atoms with Gasteiger partial charge in [-0.1, -0.05) is 92.7 Å². The predicted molar refractivity (Wildman–Crippen MR) is 229 cm³/mol. The molecule has 0 radical (unpaired) electrons. The second-order valence-electron chi connectivity index (χ2n) is 16.5. The van der Waals surface area contributed by atoms with E-state index in [-0.39, 0.29) is 56.5 Å². The van der Waals surface area contributed by atoms with E-state index < -0.39 is 53.3 Å². The molecule has 4 aromatic rings. The Labute approximate surface area is 351 Å². The number of nitrogens with two attached hydrogens (primary N) is 2. The Morgan fingerprint density at radius 2 is 1.40 bits per heavy atom. The summed E-state index contributed by atoms with van der Waals surface area (Å²) in [4.78, 5) is 90.2. The summed E-state index contributed by atoms with van der Waals surface area (Å²) in [7, 11) is 0. The molecule has 6 rings (SSSR count). The lowest BCUT2D eigenvalue weighted by Gasteiger charge is -2.37. The lowest BCUT2D eigenvalue weighted by molar-refractivity contribution is -0.151. The molecule has 14 heteroatoms. The summed E-state index contributed by atoms with van der Waals surface area (Å²) in [5, 5.41) is 9.62. The summed E-state index contributed by atoms with van der Waals surface area (Å²) in [6.45, 7) is 4.76. The summed E-state index contributed by atoms with van der Waals surface area (Å²) in [6, 6.07) is 22.3. The van der Waals surface area contributed by atoms with Crippen molar-refractivity contribution < 1.29 is 28.8 Å². The van der Waals surface area contributed by atoms with Crippen LogP contribution in [0.15, 0.2) is 91.1 Å². The number of nitrogens with one attached hydrogen (secondary N) is 4. The number of rotatable bonds is 19. The molecule has 2 aliphatic rings. The molecule has 0 bridgehead atoms. The molecule has 60 heavy (non-hydrogen) atoms. The van der Waals surface area contributed by atoms with Crippen LogP contribution in [0.1, 0.15) is 69.1 Å². The van der Waals surface area contributed by atoms with Gasteiger partial charge in [0.1, 0.15) is 29.7 Å². The zero-order chi connectivity index (χ0) is 42.8. The fourth-order valence-corrected chi connectivity index (χ4v) is 8.69. The number of H-pyrrole nitrogens is 1. The maximum Gasteiger partial charge on any atom is 0.249 e. The molecule has 0 saturated carbocycles. The van der Waals surface area contributed by atoms with E-state index in [2.05, 4.69) is 20.9 Å². The molecule has 1 spiro atoms. The number of likely N-dealkylation sites (tertiary alicyclic amines) is 2. The third kappa shape index (κ3) is 10.2. The summed E-state index contributed by atoms with van der Waals surface area (Å²) in [5.41, 5.74) is 13.6. The normalized spacial score (nSPS) is 18.4. The van der Waals surface area contributed by atoms with Crippen molar-refractivity contribution in [1.29, 1.82) is 0 Å². The van der Waals surface area contributed by atoms with Crippen molar-refractivity contribution >= 4 is 46.3 Å². The third-order valence-electron chi connectivity index (χ3n) is 11.8. The molecule has 3 aromatic carbocycles. The summed E-state index contributed by atoms with van der Waals surface area (Å²) >= 11 is 0. The average Bonchev–Trinajstić information content (AvgIpc) is 3.95. The number of fused-ring (bicyclic) bond motifs is 1. The highest BCUT2D eigenvalue weighted by Crippen LogP contribution is 2.41. The molecule has 8 N–H and O–H groups in total. The van der Waals surface area contributed by atoms with Crippen molar-refractivity contribution in [3.63, 3.8) is 0 Å². The van der Waals surface area contributed by atoms with Crippen LogP contribution in [0.2, 0.25) is 0 Å². The van der Waals surface area contributed by atoms with Crippen molar-refractivity contribution in [2.45, 2.75) is 101 Å². The van der Waals surface area contributed by atoms with E-state index in [1.165, 1.54) is 0 Å². The van der Waals surface area contributed by atoms with Crippen molar-refractivity contribution in [3.05, 3.63) is 108 Å². The van der Waals surface area contributed by atoms with Gasteiger partial charge in [-0.3, -0.25) is 28.8 Å². The van der Waals surface area contributed by atoms with Gasteiger partial charge < -0.3 is 42.2 Å². The van der Waals surface area contributed by atoms with Gasteiger partial charge in [-0.05, 0) is 67.3 Å². The van der Waals surface area contributed by atoms with E-state index in [1.807, 2.05) is 98.8 Å². The van der Waals surface area contributed by atoms with Gasteiger partial charge in [0.2, 0.25) is 35.4 Å². The van der Waals surface area contributed by atoms with Crippen LogP contribution in [0.25, 0.3) is 10.9 Å². The molecule has 2 unspecified atom stereocenters. The number of carbonyl (C=O) groups is 6. The van der Waals surface area contributed by atoms with E-state index in [0.29, 0.717) is 38.6 Å². The smallest absolute Gasteiger partial charge is 0.249 e. The molecule has 2 fully saturated rings. The van der Waals surface area contributed by atoms with E-state index in [4.69, 9.17) is 11.5 Å². The molecule has 1 aromatic heterocycles. The van der Waals surface area contributed by atoms with Gasteiger partial charge in [0.15, 0.2) is 0 Å². The Morgan fingerprint density at radius 3 is 2.05 bits per heavy atom. The number of benzene rings is 3. The first-order chi connectivity index (χ1) is 28.9. The van der Waals surface area contributed by atoms with E-state index in [0.717, 1.165) is 27.6 Å². The lowest BCUT2D eigenvalue weighted by Crippen LogP contribution is -2.61. The summed E-state index contributed by atoms with van der Waals surface area (Å²) < 4.78 is 0. The Balaban J connectivity index is 1.23. The van der Waals surface area contributed by atoms with Crippen molar-refractivity contribution in [3.8, 4) is 0 Å². The fourth-order valence-electron chi connectivity index (χ4n) is 8.69. The van der Waals surface area contributed by atoms with Crippen molar-refractivity contribution in [2.75, 3.05) is 19.6 Å². The summed E-state index contributed by atoms with van der Waals surface area (Å²) in [6.07, 6.45) is 4.50. The largest absolute Gasteiger partial charge is 0.368 e. The average molecular weight is 819 g/mol. The number of aromatic amines is 1. The number of carbonyl (C=O) groups excluding carboxylic acids is 6. The molecule has 5 atom stereocenters. The highest BCUT2D eigenvalue weighted by molar-refractivity contribution is 6.00. The lowest BCUT2D eigenvalue weighted by atomic mass is 9.92. The molecule has 2 saturated heterocycles. The number of hydrogen-bond donors (Lipinski definition) is 6. The fraction of sp³-hybridized carbons (Fsp3) is 0.435. The highest BCUT2D eigenvalue weighted by Gasteiger charge is 2.57. The summed E-state index contributed by atoms with van der Waals surface area (Å²) in [5.74, 6) is -2.75. The molecular weight excluding hydrogens is 761 g/mol. The van der Waals surface area contributed by atoms with Gasteiger partial charge in [0.25, 0.3) is 0 Å². The monoisotopic (exact) mass is 818 g/mol. The number of para-hydroxylation sites is 1. The van der Waals surface area contributed by atoms with Gasteiger partial charge >= 0.3 is 0 Å². The predicted octanol–water partition coefficient (Wildman–Crippen LogP) is 2.88. The number of nitrogens with zero attached hydrogens (tertiary/aromatic N) is 2. The quantitative estimate of drug-likeness (QED) is 0.0832. The second-order valence-corrected chi connectivity index (χ2v) is 16.5. The first-order valence-electron chi connectivity index (χ1n) is 21.0. The zero-order valence-electron chi connectivity index (χ0n) is 34.5. The zero-order valence-corrected chi connectivity index (χ0v) is 34.5. The molecule has 0 aliphatic carbocycles. The Kier molecular flexibility index (Phi) is 14.4. The highest BCUT2D eigenvalue weighted by atomic mass is 16.2. The minimum absolute atomic E-state index is 0.0113. The SMILES string of the molecule is CC(C)C[C@@H](C(=O)NC(Cc1c[nH]c2ccccc12)C(N)=O)N1CCC2(CCCN2C(=O)[C@H](Cc2ccccc2)NC(=O)[C@H](Cc2ccccc2)NC(=O)CCCN)C1=O. The molecule has 318 valence electrons. The van der Waals surface area contributed by atoms with Gasteiger partial charge in [-0.15, -0.1) is 0 Å². The van der Waals surface area contributed by atoms with E-state index >= 15 is 0 Å². The van der Waals surface area contributed by atoms with Gasteiger partial charge in [0, 0.05) is 55.9 Å². The topological polar surface area (TPSA) is 213 Å². The van der Waals surface area contributed by atoms with E-state index in [9.17, 15) is 28.8 Å². The number of primary amides is 1. The van der Waals surface area contributed by atoms with Gasteiger partial charge in [-0.2, -0.15) is 0 Å². The first kappa shape index (κ1) is 43.6. The number of hydrogen-bond acceptors (Lipinski definition) is 7. The maximum absolute atomic E-state index is 14.9. The van der Waals surface area contributed by atoms with Crippen LogP contribution in [0.3, 0.4) is 0 Å². The Morgan fingerprint density at radius 1 is 0.767 bits per heavy atom. The van der Waals surface area contributed by atoms with Crippen molar-refractivity contribution in [2.24, 2.45) is 17.4 Å². The minimum Gasteiger partial charge on any atom is -0.368 e. The second kappa shape index (κ2) is 19.8. The molecule has 14 nitrogen and oxygen atoms in total. The van der Waals surface area contributed by atoms with Gasteiger partial charge in [0.05, 0.1) is 0 Å². The van der Waals surface area contributed by atoms with Crippen LogP contribution in [0.5, 0.6) is 0 Å². The molecular formula is C46H58N8O6. The van der Waals surface area contributed by atoms with Crippen LogP contribution in [-0.2, 0) is 48.0 Å². The molecule has 6 amide bonds. The standard InChI is InChI=1S/C46H58N8O6/c1-30(2)25-39(43(58)51-36(41(48)56)28-33-29-49-35-18-10-9-17-34(33)35)53-24-21-46(45(53)60)20-12-23-54(46)44(59)38(27-32-15-7-4-8-16-32)52-42(57)37(50-40(55)19-11-22-47)26-31-13-5-3-6-14-31/h3-10,13-18,29-30,36-39,49H,11-12,19-28,47H2,1-2H3,(H2,48,56)(H,50,55)(H,51,58)(H,52,57)/t36?,37-,38-,39-,46?/m0/s1. The van der Waals surface area contributed by atoms with Crippen LogP contribution < -0.4 is 27.4 Å². The van der Waals surface area contributed by atoms with Crippen LogP contribution in [0, 0.1) is 5.92 Å². The van der Waals surface area contributed by atoms with Crippen molar-refractivity contribution in [1.82, 2.24) is 30.7 Å². The van der Waals surface area contributed by atoms with Crippen LogP contribution in [0.4, 0.5) is 0 Å². The van der Waals surface area contributed by atoms with E-state index in [1.54, 1.807) is 16.0 Å². The van der Waals surface area contributed by atoms with Gasteiger partial charge in [-0.25, -0.2) is 0 Å². The van der Waals surface area contributed by atoms with Crippen LogP contribution in [-0.4, -0.2) is 99.6 Å². The minimum atomic E-state index is -1.22.